The second-order valence-corrected chi connectivity index (χ2v) is 19.6. The number of nitrogens with one attached hydrogen (secondary N) is 1. The summed E-state index contributed by atoms with van der Waals surface area (Å²) >= 11 is 5.14. The van der Waals surface area contributed by atoms with Crippen LogP contribution in [0.25, 0.3) is 0 Å². The van der Waals surface area contributed by atoms with Gasteiger partial charge in [0.15, 0.2) is 0 Å². The Morgan fingerprint density at radius 2 is 1.79 bits per heavy atom. The molecule has 1 fully saturated rings. The summed E-state index contributed by atoms with van der Waals surface area (Å²) in [5.41, 5.74) is -1.16. The maximum absolute atomic E-state index is 13.4. The van der Waals surface area contributed by atoms with Gasteiger partial charge < -0.3 is 0 Å². The summed E-state index contributed by atoms with van der Waals surface area (Å²) in [4.78, 5) is 12.5. The average molecular weight is 766 g/mol. The van der Waals surface area contributed by atoms with Gasteiger partial charge in [0.2, 0.25) is 0 Å². The molecule has 2 aromatic carbocycles. The van der Waals surface area contributed by atoms with Crippen molar-refractivity contribution >= 4 is 58.7 Å². The predicted octanol–water partition coefficient (Wildman–Crippen LogP) is 7.86. The van der Waals surface area contributed by atoms with Crippen LogP contribution in [0.2, 0.25) is 4.34 Å². The summed E-state index contributed by atoms with van der Waals surface area (Å²) in [7, 11) is -3.72. The van der Waals surface area contributed by atoms with Gasteiger partial charge in [-0.05, 0) is 6.07 Å². The summed E-state index contributed by atoms with van der Waals surface area (Å²) < 4.78 is 116. The fraction of sp³-hybridized carbons (Fsp3) is 0.370. The van der Waals surface area contributed by atoms with Crippen LogP contribution in [0.15, 0.2) is 52.7 Å². The number of hydrogen-bond acceptors (Lipinski definition) is 5. The van der Waals surface area contributed by atoms with Gasteiger partial charge in [0.05, 0.1) is 0 Å². The number of carbonyl (C=O) groups excluding carboxylic acids is 1. The van der Waals surface area contributed by atoms with Crippen LogP contribution in [-0.2, 0) is 44.4 Å². The van der Waals surface area contributed by atoms with Gasteiger partial charge in [-0.25, -0.2) is 0 Å². The van der Waals surface area contributed by atoms with Gasteiger partial charge in [0.25, 0.3) is 0 Å². The van der Waals surface area contributed by atoms with E-state index in [-0.39, 0.29) is 19.9 Å². The van der Waals surface area contributed by atoms with E-state index in [9.17, 15) is 39.6 Å². The first-order valence-electron chi connectivity index (χ1n) is 12.6. The summed E-state index contributed by atoms with van der Waals surface area (Å²) in [6.45, 7) is 0. The molecule has 0 aliphatic carbocycles. The molecular formula is C27H23ClF6INO4S2. The molecule has 5 rings (SSSR count). The zero-order chi connectivity index (χ0) is 30.4. The molecule has 228 valence electrons. The van der Waals surface area contributed by atoms with E-state index in [0.29, 0.717) is 29.0 Å². The predicted molar refractivity (Wildman–Crippen MR) is 155 cm³/mol. The van der Waals surface area contributed by atoms with Gasteiger partial charge in [-0.1, -0.05) is 0 Å². The Morgan fingerprint density at radius 1 is 1.02 bits per heavy atom. The van der Waals surface area contributed by atoms with Gasteiger partial charge in [-0.15, -0.1) is 0 Å². The molecule has 3 heterocycles. The fourth-order valence-corrected chi connectivity index (χ4v) is 16.9. The number of esters is 1. The van der Waals surface area contributed by atoms with Crippen LogP contribution in [0.4, 0.5) is 26.3 Å². The molecule has 0 unspecified atom stereocenters. The Bertz CT molecular complexity index is 1610. The van der Waals surface area contributed by atoms with Crippen LogP contribution in [0.3, 0.4) is 0 Å². The number of benzene rings is 2. The number of alkyl halides is 9. The zero-order valence-electron chi connectivity index (χ0n) is 21.5. The summed E-state index contributed by atoms with van der Waals surface area (Å²) in [5, 5.41) is 0. The van der Waals surface area contributed by atoms with Gasteiger partial charge in [-0.2, -0.15) is 26.3 Å². The molecule has 1 saturated heterocycles. The monoisotopic (exact) mass is 765 g/mol. The molecule has 0 amide bonds. The topological polar surface area (TPSA) is 72.5 Å². The quantitative estimate of drug-likeness (QED) is 0.0665. The van der Waals surface area contributed by atoms with E-state index in [1.165, 1.54) is 12.1 Å². The summed E-state index contributed by atoms with van der Waals surface area (Å²) in [5.74, 6) is -0.647. The third-order valence-electron chi connectivity index (χ3n) is 7.09. The van der Waals surface area contributed by atoms with E-state index in [1.54, 1.807) is 12.1 Å². The number of fused-ring (bicyclic) bond motifs is 3. The molecule has 1 aromatic heterocycles. The van der Waals surface area contributed by atoms with Gasteiger partial charge in [-0.3, -0.25) is 0 Å². The van der Waals surface area contributed by atoms with Gasteiger partial charge >= 0.3 is 223 Å². The number of aryl methyl sites for hydroxylation is 1. The second-order valence-electron chi connectivity index (χ2n) is 9.93. The van der Waals surface area contributed by atoms with Crippen molar-refractivity contribution in [1.82, 2.24) is 4.72 Å². The third-order valence-corrected chi connectivity index (χ3v) is 17.7. The third kappa shape index (κ3) is 7.08. The Hall–Kier alpha value is -1.88. The van der Waals surface area contributed by atoms with Crippen molar-refractivity contribution in [3.63, 3.8) is 0 Å². The molecule has 0 spiro atoms. The normalized spacial score (nSPS) is 19.8. The molecule has 0 saturated carbocycles. The number of sulfonamides is 1. The first kappa shape index (κ1) is 31.5. The Labute approximate surface area is 254 Å². The first-order chi connectivity index (χ1) is 19.6. The van der Waals surface area contributed by atoms with Gasteiger partial charge in [0.1, 0.15) is 0 Å². The van der Waals surface area contributed by atoms with Crippen molar-refractivity contribution in [3.8, 4) is 5.75 Å². The minimum absolute atomic E-state index is 0.0642. The zero-order valence-corrected chi connectivity index (χ0v) is 26.0. The van der Waals surface area contributed by atoms with Crippen molar-refractivity contribution in [2.75, 3.05) is 4.43 Å². The van der Waals surface area contributed by atoms with E-state index in [2.05, 4.69) is 4.72 Å². The minimum atomic E-state index is -4.88. The Kier molecular flexibility index (Phi) is 8.94. The molecule has 2 bridgehead atoms. The fourth-order valence-electron chi connectivity index (χ4n) is 5.09. The van der Waals surface area contributed by atoms with E-state index in [4.69, 9.17) is 16.3 Å². The molecule has 15 heteroatoms. The molecule has 42 heavy (non-hydrogen) atoms. The van der Waals surface area contributed by atoms with Crippen LogP contribution >= 0.6 is 42.8 Å². The van der Waals surface area contributed by atoms with E-state index < -0.39 is 77.7 Å². The molecule has 2 aliphatic rings. The average Bonchev–Trinajstić information content (AvgIpc) is 3.44. The van der Waals surface area contributed by atoms with Gasteiger partial charge in [0, 0.05) is 0 Å². The number of thiophene rings is 1. The number of ether oxygens (including phenoxy) is 1. The number of halogens is 8. The molecule has 1 N–H and O–H groups in total. The van der Waals surface area contributed by atoms with E-state index in [1.807, 2.05) is 6.07 Å². The van der Waals surface area contributed by atoms with Crippen molar-refractivity contribution < 1.29 is 44.3 Å². The summed E-state index contributed by atoms with van der Waals surface area (Å²) in [6.07, 6.45) is -9.43. The second kappa shape index (κ2) is 11.9. The van der Waals surface area contributed by atoms with E-state index >= 15 is 0 Å². The molecule has 2 atom stereocenters. The number of carbonyl (C=O) groups is 1. The van der Waals surface area contributed by atoms with Crippen molar-refractivity contribution in [3.05, 3.63) is 80.7 Å². The van der Waals surface area contributed by atoms with Crippen LogP contribution in [0.1, 0.15) is 40.7 Å². The Balaban J connectivity index is 1.27. The van der Waals surface area contributed by atoms with Crippen LogP contribution in [-0.4, -0.2) is 22.9 Å². The van der Waals surface area contributed by atoms with E-state index in [0.717, 1.165) is 37.7 Å². The van der Waals surface area contributed by atoms with Crippen molar-refractivity contribution in [2.45, 2.75) is 50.7 Å². The molecular weight excluding hydrogens is 743 g/mol. The standard InChI is InChI=1S/C27H23ClF6INO4S2/c28-22-6-8-24(41-22)42(38,39)36-25-16-9-10-35(25)14-17-1-4-20(13-18(17)11-16)40-23(37)7-2-15-12-19(26(29,30)31)3-5-21(15)27(32,33)34/h1,3-6,8,12-13,16,25,36H,2,7,9-11,14H2/t16-,25+/m1/s1. The SMILES string of the molecule is O=C(CCc1cc(C(F)(F)F)ccc1C(F)(F)F)Oc1ccc2c(c1)C[C@H]1CCI(C2)[C@H]1NS(=O)(=O)c1ccc(Cl)s1. The molecule has 0 radical (unpaired) electrons. The van der Waals surface area contributed by atoms with Crippen molar-refractivity contribution in [1.29, 1.82) is 0 Å². The van der Waals surface area contributed by atoms with Crippen LogP contribution < -0.4 is 9.46 Å². The van der Waals surface area contributed by atoms with Crippen LogP contribution in [0, 0.1) is 5.92 Å². The van der Waals surface area contributed by atoms with Crippen LogP contribution in [0.5, 0.6) is 5.75 Å². The molecule has 2 aliphatic heterocycles. The number of rotatable bonds is 7. The summed E-state index contributed by atoms with van der Waals surface area (Å²) in [6, 6.07) is 9.23. The first-order valence-corrected chi connectivity index (χ1v) is 19.6. The van der Waals surface area contributed by atoms with Crippen molar-refractivity contribution in [2.24, 2.45) is 5.92 Å². The maximum atomic E-state index is 13.4. The molecule has 5 nitrogen and oxygen atoms in total. The molecule has 3 aromatic rings. The number of hydrogen-bond donors (Lipinski definition) is 1. The Morgan fingerprint density at radius 3 is 2.45 bits per heavy atom.